The summed E-state index contributed by atoms with van der Waals surface area (Å²) in [4.78, 5) is 8.20. The Hall–Kier alpha value is -1.53. The van der Waals surface area contributed by atoms with Crippen LogP contribution in [0.5, 0.6) is 0 Å². The number of rotatable bonds is 2. The van der Waals surface area contributed by atoms with Gasteiger partial charge in [0.1, 0.15) is 5.82 Å². The van der Waals surface area contributed by atoms with Crippen molar-refractivity contribution in [3.05, 3.63) is 23.8 Å². The maximum absolute atomic E-state index is 9.04. The van der Waals surface area contributed by atoms with E-state index in [0.29, 0.717) is 18.1 Å². The number of aryl methyl sites for hydroxylation is 1. The van der Waals surface area contributed by atoms with Gasteiger partial charge in [-0.15, -0.1) is 0 Å². The summed E-state index contributed by atoms with van der Waals surface area (Å²) in [6.07, 6.45) is 3.48. The summed E-state index contributed by atoms with van der Waals surface area (Å²) in [5.74, 6) is 1.26. The van der Waals surface area contributed by atoms with Gasteiger partial charge in [-0.2, -0.15) is 15.1 Å². The van der Waals surface area contributed by atoms with Crippen molar-refractivity contribution in [1.29, 1.82) is 0 Å². The summed E-state index contributed by atoms with van der Waals surface area (Å²) in [6.45, 7) is 2.23. The lowest BCUT2D eigenvalue weighted by Crippen LogP contribution is -2.12. The van der Waals surface area contributed by atoms with Gasteiger partial charge in [0.2, 0.25) is 0 Å². The van der Waals surface area contributed by atoms with Crippen LogP contribution in [0.2, 0.25) is 0 Å². The van der Waals surface area contributed by atoms with Crippen molar-refractivity contribution < 1.29 is 5.21 Å². The predicted molar refractivity (Wildman–Crippen MR) is 48.8 cm³/mol. The molecule has 0 bridgehead atoms. The first-order chi connectivity index (χ1) is 6.65. The van der Waals surface area contributed by atoms with Crippen LogP contribution < -0.4 is 0 Å². The highest BCUT2D eigenvalue weighted by molar-refractivity contribution is 5.27. The Morgan fingerprint density at radius 3 is 3.07 bits per heavy atom. The molecular formula is C8H11N5O. The normalized spacial score (nSPS) is 11.4. The maximum Gasteiger partial charge on any atom is 0.252 e. The van der Waals surface area contributed by atoms with E-state index < -0.39 is 0 Å². The molecule has 0 spiro atoms. The van der Waals surface area contributed by atoms with Gasteiger partial charge in [0.15, 0.2) is 0 Å². The first-order valence-electron chi connectivity index (χ1n) is 4.23. The molecule has 6 nitrogen and oxygen atoms in total. The van der Waals surface area contributed by atoms with E-state index in [2.05, 4.69) is 15.1 Å². The van der Waals surface area contributed by atoms with Crippen molar-refractivity contribution in [2.75, 3.05) is 7.05 Å². The van der Waals surface area contributed by atoms with Crippen molar-refractivity contribution in [2.45, 2.75) is 13.5 Å². The van der Waals surface area contributed by atoms with Gasteiger partial charge in [0.25, 0.3) is 5.78 Å². The monoisotopic (exact) mass is 193 g/mol. The first kappa shape index (κ1) is 9.04. The Labute approximate surface area is 80.8 Å². The third-order valence-electron chi connectivity index (χ3n) is 1.76. The fourth-order valence-corrected chi connectivity index (χ4v) is 1.27. The largest absolute Gasteiger partial charge is 0.314 e. The molecule has 0 fully saturated rings. The first-order valence-corrected chi connectivity index (χ1v) is 4.23. The number of hydrogen-bond donors (Lipinski definition) is 1. The van der Waals surface area contributed by atoms with Gasteiger partial charge in [-0.25, -0.2) is 9.50 Å². The number of aromatic nitrogens is 4. The molecular weight excluding hydrogens is 182 g/mol. The standard InChI is InChI=1S/C8H11N5O/c1-6-10-8-9-3-7(4-12(2)14)5-13(8)11-6/h3,5,14H,4H2,1-2H3. The van der Waals surface area contributed by atoms with Crippen LogP contribution in [0.1, 0.15) is 11.4 Å². The Morgan fingerprint density at radius 2 is 2.36 bits per heavy atom. The van der Waals surface area contributed by atoms with Crippen molar-refractivity contribution in [3.63, 3.8) is 0 Å². The molecule has 0 radical (unpaired) electrons. The Kier molecular flexibility index (Phi) is 2.14. The van der Waals surface area contributed by atoms with Gasteiger partial charge in [0.05, 0.1) is 6.54 Å². The summed E-state index contributed by atoms with van der Waals surface area (Å²) in [6, 6.07) is 0. The van der Waals surface area contributed by atoms with Crippen LogP contribution in [-0.4, -0.2) is 36.9 Å². The fourth-order valence-electron chi connectivity index (χ4n) is 1.27. The number of nitrogens with zero attached hydrogens (tertiary/aromatic N) is 5. The van der Waals surface area contributed by atoms with E-state index in [1.807, 2.05) is 6.92 Å². The fraction of sp³-hybridized carbons (Fsp3) is 0.375. The minimum Gasteiger partial charge on any atom is -0.314 e. The molecule has 0 unspecified atom stereocenters. The van der Waals surface area contributed by atoms with Crippen LogP contribution in [0.3, 0.4) is 0 Å². The average Bonchev–Trinajstić information content (AvgIpc) is 2.42. The Morgan fingerprint density at radius 1 is 1.57 bits per heavy atom. The summed E-state index contributed by atoms with van der Waals surface area (Å²) in [5, 5.41) is 14.3. The highest BCUT2D eigenvalue weighted by Gasteiger charge is 2.02. The lowest BCUT2D eigenvalue weighted by atomic mass is 10.3. The van der Waals surface area contributed by atoms with E-state index in [1.165, 1.54) is 0 Å². The third kappa shape index (κ3) is 1.70. The van der Waals surface area contributed by atoms with Gasteiger partial charge in [-0.3, -0.25) is 0 Å². The Bertz CT molecular complexity index is 450. The van der Waals surface area contributed by atoms with Gasteiger partial charge in [0, 0.05) is 25.0 Å². The van der Waals surface area contributed by atoms with Gasteiger partial charge in [-0.1, -0.05) is 0 Å². The molecule has 0 saturated carbocycles. The molecule has 74 valence electrons. The predicted octanol–water partition coefficient (Wildman–Crippen LogP) is 0.254. The molecule has 0 aromatic carbocycles. The minimum atomic E-state index is 0.418. The van der Waals surface area contributed by atoms with E-state index in [4.69, 9.17) is 5.21 Å². The molecule has 0 aliphatic heterocycles. The molecule has 1 N–H and O–H groups in total. The molecule has 2 heterocycles. The second-order valence-corrected chi connectivity index (χ2v) is 3.18. The molecule has 2 aromatic heterocycles. The van der Waals surface area contributed by atoms with Crippen molar-refractivity contribution in [1.82, 2.24) is 24.6 Å². The molecule has 0 saturated heterocycles. The van der Waals surface area contributed by atoms with Crippen molar-refractivity contribution in [3.8, 4) is 0 Å². The van der Waals surface area contributed by atoms with E-state index in [0.717, 1.165) is 10.6 Å². The van der Waals surface area contributed by atoms with Crippen molar-refractivity contribution in [2.24, 2.45) is 0 Å². The highest BCUT2D eigenvalue weighted by Crippen LogP contribution is 2.02. The minimum absolute atomic E-state index is 0.418. The van der Waals surface area contributed by atoms with Crippen molar-refractivity contribution >= 4 is 5.78 Å². The number of hydroxylamine groups is 2. The second kappa shape index (κ2) is 3.32. The SMILES string of the molecule is Cc1nc2ncc(CN(C)O)cn2n1. The summed E-state index contributed by atoms with van der Waals surface area (Å²) in [7, 11) is 1.58. The van der Waals surface area contributed by atoms with E-state index in [9.17, 15) is 0 Å². The molecule has 0 amide bonds. The smallest absolute Gasteiger partial charge is 0.252 e. The molecule has 2 rings (SSSR count). The lowest BCUT2D eigenvalue weighted by Gasteiger charge is -2.06. The molecule has 6 heteroatoms. The topological polar surface area (TPSA) is 66.5 Å². The molecule has 0 atom stereocenters. The van der Waals surface area contributed by atoms with Crippen LogP contribution >= 0.6 is 0 Å². The van der Waals surface area contributed by atoms with Crippen LogP contribution in [0.15, 0.2) is 12.4 Å². The highest BCUT2D eigenvalue weighted by atomic mass is 16.5. The number of hydrogen-bond acceptors (Lipinski definition) is 5. The lowest BCUT2D eigenvalue weighted by molar-refractivity contribution is -0.0733. The van der Waals surface area contributed by atoms with Crippen LogP contribution in [-0.2, 0) is 6.54 Å². The summed E-state index contributed by atoms with van der Waals surface area (Å²) < 4.78 is 1.61. The average molecular weight is 193 g/mol. The molecule has 0 aliphatic carbocycles. The maximum atomic E-state index is 9.04. The van der Waals surface area contributed by atoms with E-state index in [-0.39, 0.29) is 0 Å². The third-order valence-corrected chi connectivity index (χ3v) is 1.76. The van der Waals surface area contributed by atoms with Gasteiger partial charge < -0.3 is 5.21 Å². The summed E-state index contributed by atoms with van der Waals surface area (Å²) in [5.41, 5.74) is 0.882. The van der Waals surface area contributed by atoms with Gasteiger partial charge >= 0.3 is 0 Å². The van der Waals surface area contributed by atoms with E-state index >= 15 is 0 Å². The van der Waals surface area contributed by atoms with Crippen LogP contribution in [0.25, 0.3) is 5.78 Å². The molecule has 0 aliphatic rings. The molecule has 2 aromatic rings. The van der Waals surface area contributed by atoms with Crippen LogP contribution in [0.4, 0.5) is 0 Å². The second-order valence-electron chi connectivity index (χ2n) is 3.18. The zero-order chi connectivity index (χ0) is 10.1. The zero-order valence-electron chi connectivity index (χ0n) is 8.05. The van der Waals surface area contributed by atoms with Crippen LogP contribution in [0, 0.1) is 6.92 Å². The van der Waals surface area contributed by atoms with E-state index in [1.54, 1.807) is 24.0 Å². The van der Waals surface area contributed by atoms with Gasteiger partial charge in [-0.05, 0) is 6.92 Å². The quantitative estimate of drug-likeness (QED) is 0.693. The summed E-state index contributed by atoms with van der Waals surface area (Å²) >= 11 is 0. The Balaban J connectivity index is 2.40. The molecule has 14 heavy (non-hydrogen) atoms. The number of fused-ring (bicyclic) bond motifs is 1. The zero-order valence-corrected chi connectivity index (χ0v) is 8.05.